The molecule has 0 aliphatic carbocycles. The first kappa shape index (κ1) is 18.2. The van der Waals surface area contributed by atoms with Crippen LogP contribution in [0.5, 0.6) is 17.2 Å². The summed E-state index contributed by atoms with van der Waals surface area (Å²) in [5.74, 6) is 2.31. The molecule has 0 bridgehead atoms. The average Bonchev–Trinajstić information content (AvgIpc) is 3.21. The number of aromatic nitrogens is 3. The molecule has 0 saturated heterocycles. The van der Waals surface area contributed by atoms with E-state index in [2.05, 4.69) is 15.4 Å². The second-order valence-electron chi connectivity index (χ2n) is 6.12. The van der Waals surface area contributed by atoms with Crippen LogP contribution in [0, 0.1) is 0 Å². The topological polar surface area (TPSA) is 70.4 Å². The first-order valence-corrected chi connectivity index (χ1v) is 8.97. The molecule has 1 aliphatic rings. The largest absolute Gasteiger partial charge is 0.493 e. The van der Waals surface area contributed by atoms with E-state index in [1.165, 1.54) is 6.33 Å². The number of methoxy groups -OCH3 is 3. The number of halogens is 1. The Morgan fingerprint density at radius 3 is 2.39 bits per heavy atom. The molecule has 1 aliphatic heterocycles. The van der Waals surface area contributed by atoms with Crippen molar-refractivity contribution >= 4 is 23.2 Å². The van der Waals surface area contributed by atoms with Gasteiger partial charge in [0, 0.05) is 16.3 Å². The number of rotatable bonds is 5. The molecule has 2 aromatic carbocycles. The van der Waals surface area contributed by atoms with Gasteiger partial charge < -0.3 is 19.5 Å². The van der Waals surface area contributed by atoms with Gasteiger partial charge in [0.2, 0.25) is 11.7 Å². The minimum Gasteiger partial charge on any atom is -0.493 e. The zero-order valence-electron chi connectivity index (χ0n) is 15.6. The maximum atomic E-state index is 6.41. The second-order valence-corrected chi connectivity index (χ2v) is 6.52. The number of ether oxygens (including phenoxy) is 3. The van der Waals surface area contributed by atoms with Crippen molar-refractivity contribution in [3.63, 3.8) is 0 Å². The Labute approximate surface area is 167 Å². The van der Waals surface area contributed by atoms with Gasteiger partial charge in [-0.05, 0) is 29.8 Å². The molecule has 28 heavy (non-hydrogen) atoms. The van der Waals surface area contributed by atoms with Crippen LogP contribution < -0.4 is 19.5 Å². The lowest BCUT2D eigenvalue weighted by molar-refractivity contribution is 0.323. The van der Waals surface area contributed by atoms with E-state index in [1.54, 1.807) is 26.0 Å². The smallest absolute Gasteiger partial charge is 0.226 e. The predicted molar refractivity (Wildman–Crippen MR) is 107 cm³/mol. The highest BCUT2D eigenvalue weighted by atomic mass is 35.5. The minimum absolute atomic E-state index is 0.237. The molecule has 0 spiro atoms. The third-order valence-electron chi connectivity index (χ3n) is 4.60. The fourth-order valence-electron chi connectivity index (χ4n) is 3.28. The molecule has 2 heterocycles. The Morgan fingerprint density at radius 1 is 1.04 bits per heavy atom. The Bertz CT molecular complexity index is 1020. The second kappa shape index (κ2) is 7.44. The van der Waals surface area contributed by atoms with Gasteiger partial charge in [0.25, 0.3) is 0 Å². The Hall–Kier alpha value is -3.19. The maximum Gasteiger partial charge on any atom is 0.226 e. The number of anilines is 1. The van der Waals surface area contributed by atoms with Crippen LogP contribution in [0.1, 0.15) is 17.2 Å². The number of hydrogen-bond acceptors (Lipinski definition) is 6. The normalized spacial score (nSPS) is 15.3. The van der Waals surface area contributed by atoms with Gasteiger partial charge in [-0.3, -0.25) is 0 Å². The van der Waals surface area contributed by atoms with Gasteiger partial charge in [-0.25, -0.2) is 4.68 Å². The van der Waals surface area contributed by atoms with E-state index in [1.807, 2.05) is 42.5 Å². The summed E-state index contributed by atoms with van der Waals surface area (Å²) in [7, 11) is 4.76. The third-order valence-corrected chi connectivity index (χ3v) is 4.93. The zero-order chi connectivity index (χ0) is 19.7. The monoisotopic (exact) mass is 398 g/mol. The van der Waals surface area contributed by atoms with Crippen LogP contribution in [0.2, 0.25) is 5.02 Å². The lowest BCUT2D eigenvalue weighted by atomic mass is 10.0. The molecule has 1 aromatic heterocycles. The molecule has 0 amide bonds. The molecule has 0 saturated carbocycles. The lowest BCUT2D eigenvalue weighted by Crippen LogP contribution is -2.20. The molecular formula is C20H19ClN4O3. The molecule has 0 fully saturated rings. The van der Waals surface area contributed by atoms with Gasteiger partial charge in [0.15, 0.2) is 11.5 Å². The van der Waals surface area contributed by atoms with Crippen molar-refractivity contribution in [1.82, 2.24) is 14.8 Å². The molecule has 4 rings (SSSR count). The number of nitrogens with one attached hydrogen (secondary N) is 1. The molecule has 8 heteroatoms. The maximum absolute atomic E-state index is 6.41. The van der Waals surface area contributed by atoms with Crippen molar-refractivity contribution in [1.29, 1.82) is 0 Å². The van der Waals surface area contributed by atoms with E-state index < -0.39 is 0 Å². The van der Waals surface area contributed by atoms with E-state index in [0.29, 0.717) is 28.2 Å². The van der Waals surface area contributed by atoms with Crippen molar-refractivity contribution in [3.05, 3.63) is 65.0 Å². The van der Waals surface area contributed by atoms with E-state index in [0.717, 1.165) is 16.8 Å². The summed E-state index contributed by atoms with van der Waals surface area (Å²) < 4.78 is 18.2. The lowest BCUT2D eigenvalue weighted by Gasteiger charge is -2.25. The summed E-state index contributed by atoms with van der Waals surface area (Å²) in [5.41, 5.74) is 2.65. The molecule has 144 valence electrons. The molecular weight excluding hydrogens is 380 g/mol. The first-order valence-electron chi connectivity index (χ1n) is 8.59. The molecule has 0 radical (unpaired) electrons. The van der Waals surface area contributed by atoms with Gasteiger partial charge in [-0.1, -0.05) is 29.8 Å². The molecule has 0 unspecified atom stereocenters. The third kappa shape index (κ3) is 3.03. The Morgan fingerprint density at radius 2 is 1.75 bits per heavy atom. The van der Waals surface area contributed by atoms with Gasteiger partial charge in [0.05, 0.1) is 21.3 Å². The van der Waals surface area contributed by atoms with E-state index in [-0.39, 0.29) is 6.04 Å². The number of fused-ring (bicyclic) bond motifs is 1. The summed E-state index contributed by atoms with van der Waals surface area (Å²) in [5, 5.41) is 8.31. The average molecular weight is 399 g/mol. The molecule has 3 aromatic rings. The number of benzene rings is 2. The van der Waals surface area contributed by atoms with Gasteiger partial charge in [-0.15, -0.1) is 0 Å². The highest BCUT2D eigenvalue weighted by Gasteiger charge is 2.26. The standard InChI is InChI=1S/C20H19ClN4O3/c1-26-17-8-12(9-18(27-2)19(17)28-3)16-10-15(13-6-4-5-7-14(13)21)24-20-22-11-23-25(16)20/h4-11,16H,1-3H3,(H,22,23,24)/t16-/m0/s1. The van der Waals surface area contributed by atoms with Crippen molar-refractivity contribution in [2.75, 3.05) is 26.6 Å². The van der Waals surface area contributed by atoms with Gasteiger partial charge >= 0.3 is 0 Å². The van der Waals surface area contributed by atoms with E-state index >= 15 is 0 Å². The van der Waals surface area contributed by atoms with Gasteiger partial charge in [-0.2, -0.15) is 10.1 Å². The molecule has 1 N–H and O–H groups in total. The van der Waals surface area contributed by atoms with Crippen LogP contribution in [-0.2, 0) is 0 Å². The quantitative estimate of drug-likeness (QED) is 0.700. The number of hydrogen-bond donors (Lipinski definition) is 1. The number of nitrogens with zero attached hydrogens (tertiary/aromatic N) is 3. The van der Waals surface area contributed by atoms with Crippen molar-refractivity contribution in [2.45, 2.75) is 6.04 Å². The van der Waals surface area contributed by atoms with E-state index in [9.17, 15) is 0 Å². The van der Waals surface area contributed by atoms with Crippen LogP contribution in [-0.4, -0.2) is 36.1 Å². The van der Waals surface area contributed by atoms with Crippen LogP contribution in [0.4, 0.5) is 5.95 Å². The first-order chi connectivity index (χ1) is 13.7. The van der Waals surface area contributed by atoms with Crippen molar-refractivity contribution < 1.29 is 14.2 Å². The summed E-state index contributed by atoms with van der Waals surface area (Å²) in [4.78, 5) is 4.33. The zero-order valence-corrected chi connectivity index (χ0v) is 16.4. The fourth-order valence-corrected chi connectivity index (χ4v) is 3.52. The van der Waals surface area contributed by atoms with Crippen molar-refractivity contribution in [3.8, 4) is 17.2 Å². The van der Waals surface area contributed by atoms with Crippen LogP contribution in [0.25, 0.3) is 5.70 Å². The molecule has 1 atom stereocenters. The van der Waals surface area contributed by atoms with Crippen molar-refractivity contribution in [2.24, 2.45) is 0 Å². The highest BCUT2D eigenvalue weighted by molar-refractivity contribution is 6.32. The highest BCUT2D eigenvalue weighted by Crippen LogP contribution is 2.42. The summed E-state index contributed by atoms with van der Waals surface area (Å²) in [6.07, 6.45) is 3.56. The SMILES string of the molecule is COc1cc([C@@H]2C=C(c3ccccc3Cl)Nc3ncnn32)cc(OC)c1OC. The van der Waals surface area contributed by atoms with E-state index in [4.69, 9.17) is 25.8 Å². The summed E-state index contributed by atoms with van der Waals surface area (Å²) in [6.45, 7) is 0. The summed E-state index contributed by atoms with van der Waals surface area (Å²) >= 11 is 6.41. The minimum atomic E-state index is -0.237. The Balaban J connectivity index is 1.87. The van der Waals surface area contributed by atoms with Crippen LogP contribution in [0.3, 0.4) is 0 Å². The summed E-state index contributed by atoms with van der Waals surface area (Å²) in [6, 6.07) is 11.2. The Kier molecular flexibility index (Phi) is 4.83. The van der Waals surface area contributed by atoms with Crippen LogP contribution in [0.15, 0.2) is 48.8 Å². The van der Waals surface area contributed by atoms with Crippen LogP contribution >= 0.6 is 11.6 Å². The fraction of sp³-hybridized carbons (Fsp3) is 0.200. The number of allylic oxidation sites excluding steroid dienone is 1. The predicted octanol–water partition coefficient (Wildman–Crippen LogP) is 4.01. The van der Waals surface area contributed by atoms with Gasteiger partial charge in [0.1, 0.15) is 12.4 Å². The molecule has 7 nitrogen and oxygen atoms in total.